The van der Waals surface area contributed by atoms with Crippen molar-refractivity contribution in [1.82, 2.24) is 0 Å². The van der Waals surface area contributed by atoms with Crippen LogP contribution in [-0.4, -0.2) is 8.07 Å². The van der Waals surface area contributed by atoms with Crippen LogP contribution in [0.3, 0.4) is 0 Å². The van der Waals surface area contributed by atoms with Crippen molar-refractivity contribution in [3.63, 3.8) is 0 Å². The van der Waals surface area contributed by atoms with E-state index in [1.165, 1.54) is 59.0 Å². The van der Waals surface area contributed by atoms with Gasteiger partial charge in [-0.2, -0.15) is 0 Å². The van der Waals surface area contributed by atoms with Crippen LogP contribution in [0.15, 0.2) is 127 Å². The Labute approximate surface area is 201 Å². The van der Waals surface area contributed by atoms with Gasteiger partial charge in [0.2, 0.25) is 0 Å². The number of rotatable bonds is 2. The summed E-state index contributed by atoms with van der Waals surface area (Å²) < 4.78 is 0. The number of benzene rings is 6. The third kappa shape index (κ3) is 2.53. The quantitative estimate of drug-likeness (QED) is 0.236. The van der Waals surface area contributed by atoms with Crippen LogP contribution in [0.25, 0.3) is 32.7 Å². The van der Waals surface area contributed by atoms with Crippen LogP contribution in [0.2, 0.25) is 0 Å². The van der Waals surface area contributed by atoms with Crippen LogP contribution in [0.5, 0.6) is 0 Å². The summed E-state index contributed by atoms with van der Waals surface area (Å²) in [5.74, 6) is 0. The molecule has 1 aliphatic rings. The molecule has 0 amide bonds. The molecule has 0 saturated carbocycles. The molecular weight excluding hydrogens is 424 g/mol. The number of hydrogen-bond donors (Lipinski definition) is 0. The van der Waals surface area contributed by atoms with Gasteiger partial charge in [-0.15, -0.1) is 0 Å². The topological polar surface area (TPSA) is 0 Å². The summed E-state index contributed by atoms with van der Waals surface area (Å²) in [7, 11) is -2.49. The second kappa shape index (κ2) is 7.28. The van der Waals surface area contributed by atoms with E-state index in [0.29, 0.717) is 0 Å². The van der Waals surface area contributed by atoms with Crippen molar-refractivity contribution in [2.75, 3.05) is 0 Å². The van der Waals surface area contributed by atoms with Gasteiger partial charge in [0.15, 0.2) is 8.07 Å². The highest BCUT2D eigenvalue weighted by Gasteiger charge is 2.49. The monoisotopic (exact) mass is 448 g/mol. The normalized spacial score (nSPS) is 13.7. The molecule has 6 aromatic carbocycles. The predicted molar refractivity (Wildman–Crippen MR) is 149 cm³/mol. The minimum absolute atomic E-state index is 1.30. The molecule has 0 atom stereocenters. The van der Waals surface area contributed by atoms with Crippen LogP contribution in [-0.2, 0) is 0 Å². The van der Waals surface area contributed by atoms with E-state index in [-0.39, 0.29) is 0 Å². The van der Waals surface area contributed by atoms with E-state index in [1.807, 2.05) is 0 Å². The number of aryl methyl sites for hydroxylation is 1. The van der Waals surface area contributed by atoms with Gasteiger partial charge in [-0.05, 0) is 60.3 Å². The molecule has 0 saturated heterocycles. The summed E-state index contributed by atoms with van der Waals surface area (Å²) in [5, 5.41) is 11.3. The fraction of sp³-hybridized carbons (Fsp3) is 0.0303. The Morgan fingerprint density at radius 2 is 1.09 bits per heavy atom. The Bertz CT molecular complexity index is 1660. The summed E-state index contributed by atoms with van der Waals surface area (Å²) in [6.07, 6.45) is 0. The summed E-state index contributed by atoms with van der Waals surface area (Å²) in [4.78, 5) is 0. The molecule has 0 N–H and O–H groups in total. The second-order valence-electron chi connectivity index (χ2n) is 9.40. The fourth-order valence-corrected chi connectivity index (χ4v) is 11.6. The van der Waals surface area contributed by atoms with Crippen LogP contribution < -0.4 is 20.7 Å². The first-order valence-corrected chi connectivity index (χ1v) is 14.0. The highest BCUT2D eigenvalue weighted by atomic mass is 28.3. The average Bonchev–Trinajstić information content (AvgIpc) is 3.21. The maximum absolute atomic E-state index is 2.49. The highest BCUT2D eigenvalue weighted by Crippen LogP contribution is 2.35. The minimum atomic E-state index is -2.49. The standard InChI is InChI=1S/C33H24Si/c1-23-16-17-24-18-19-29-27(31(24)22-23)20-21-30-28-14-8-9-15-32(28)34(33(29)30,25-10-4-2-5-11-25)26-12-6-3-7-13-26/h2-22H,1H3. The summed E-state index contributed by atoms with van der Waals surface area (Å²) in [6, 6.07) is 47.9. The molecule has 7 rings (SSSR count). The SMILES string of the molecule is Cc1ccc2ccc3c4c(ccc3c2c1)-c1ccccc1[Si]4(c1ccccc1)c1ccccc1. The molecule has 1 aliphatic heterocycles. The predicted octanol–water partition coefficient (Wildman–Crippen LogP) is 5.66. The van der Waals surface area contributed by atoms with Gasteiger partial charge in [0.25, 0.3) is 0 Å². The molecule has 1 heteroatoms. The number of hydrogen-bond acceptors (Lipinski definition) is 0. The molecular formula is C33H24Si. The lowest BCUT2D eigenvalue weighted by Gasteiger charge is -2.32. The van der Waals surface area contributed by atoms with Crippen LogP contribution in [0.4, 0.5) is 0 Å². The number of fused-ring (bicyclic) bond motifs is 7. The third-order valence-electron chi connectivity index (χ3n) is 7.58. The lowest BCUT2D eigenvalue weighted by Crippen LogP contribution is -2.72. The van der Waals surface area contributed by atoms with Gasteiger partial charge in [-0.1, -0.05) is 133 Å². The Kier molecular flexibility index (Phi) is 4.18. The molecule has 0 nitrogen and oxygen atoms in total. The van der Waals surface area contributed by atoms with Crippen LogP contribution in [0.1, 0.15) is 5.56 Å². The van der Waals surface area contributed by atoms with Gasteiger partial charge in [0.1, 0.15) is 0 Å². The first-order valence-electron chi connectivity index (χ1n) is 12.0. The molecule has 0 unspecified atom stereocenters. The van der Waals surface area contributed by atoms with E-state index in [1.54, 1.807) is 0 Å². The molecule has 6 aromatic rings. The fourth-order valence-electron chi connectivity index (χ4n) is 6.20. The van der Waals surface area contributed by atoms with E-state index in [2.05, 4.69) is 134 Å². The lowest BCUT2D eigenvalue weighted by molar-refractivity contribution is 1.51. The Morgan fingerprint density at radius 3 is 1.82 bits per heavy atom. The minimum Gasteiger partial charge on any atom is -0.0623 e. The van der Waals surface area contributed by atoms with E-state index in [9.17, 15) is 0 Å². The Morgan fingerprint density at radius 1 is 0.471 bits per heavy atom. The molecule has 0 bridgehead atoms. The molecule has 0 radical (unpaired) electrons. The summed E-state index contributed by atoms with van der Waals surface area (Å²) in [5.41, 5.74) is 4.09. The van der Waals surface area contributed by atoms with Crippen LogP contribution in [0, 0.1) is 6.92 Å². The van der Waals surface area contributed by atoms with E-state index in [0.717, 1.165) is 0 Å². The molecule has 160 valence electrons. The first kappa shape index (κ1) is 19.5. The van der Waals surface area contributed by atoms with Gasteiger partial charge < -0.3 is 0 Å². The molecule has 1 heterocycles. The van der Waals surface area contributed by atoms with Crippen molar-refractivity contribution in [2.45, 2.75) is 6.92 Å². The van der Waals surface area contributed by atoms with Gasteiger partial charge in [0.05, 0.1) is 0 Å². The summed E-state index contributed by atoms with van der Waals surface area (Å²) in [6.45, 7) is 2.19. The zero-order valence-corrected chi connectivity index (χ0v) is 20.1. The molecule has 0 spiro atoms. The van der Waals surface area contributed by atoms with E-state index in [4.69, 9.17) is 0 Å². The van der Waals surface area contributed by atoms with Crippen molar-refractivity contribution in [2.24, 2.45) is 0 Å². The zero-order valence-electron chi connectivity index (χ0n) is 19.1. The maximum atomic E-state index is 2.39. The maximum Gasteiger partial charge on any atom is 0.181 e. The van der Waals surface area contributed by atoms with Crippen molar-refractivity contribution in [1.29, 1.82) is 0 Å². The van der Waals surface area contributed by atoms with Gasteiger partial charge in [0, 0.05) is 0 Å². The van der Waals surface area contributed by atoms with E-state index < -0.39 is 8.07 Å². The highest BCUT2D eigenvalue weighted by molar-refractivity contribution is 7.23. The van der Waals surface area contributed by atoms with Gasteiger partial charge in [-0.3, -0.25) is 0 Å². The smallest absolute Gasteiger partial charge is 0.0623 e. The molecule has 0 aromatic heterocycles. The summed E-state index contributed by atoms with van der Waals surface area (Å²) >= 11 is 0. The third-order valence-corrected chi connectivity index (χ3v) is 12.5. The molecule has 0 aliphatic carbocycles. The van der Waals surface area contributed by atoms with Crippen molar-refractivity contribution < 1.29 is 0 Å². The zero-order chi connectivity index (χ0) is 22.7. The van der Waals surface area contributed by atoms with Crippen molar-refractivity contribution in [3.8, 4) is 11.1 Å². The second-order valence-corrected chi connectivity index (χ2v) is 13.1. The van der Waals surface area contributed by atoms with Gasteiger partial charge in [-0.25, -0.2) is 0 Å². The van der Waals surface area contributed by atoms with Crippen molar-refractivity contribution >= 4 is 50.4 Å². The first-order chi connectivity index (χ1) is 16.8. The van der Waals surface area contributed by atoms with E-state index >= 15 is 0 Å². The van der Waals surface area contributed by atoms with Gasteiger partial charge >= 0.3 is 0 Å². The lowest BCUT2D eigenvalue weighted by atomic mass is 9.96. The average molecular weight is 449 g/mol. The Balaban J connectivity index is 1.73. The molecule has 34 heavy (non-hydrogen) atoms. The van der Waals surface area contributed by atoms with Crippen molar-refractivity contribution in [3.05, 3.63) is 133 Å². The largest absolute Gasteiger partial charge is 0.181 e. The van der Waals surface area contributed by atoms with Crippen LogP contribution >= 0.6 is 0 Å². The molecule has 0 fully saturated rings. The Hall–Kier alpha value is -3.94.